The van der Waals surface area contributed by atoms with Gasteiger partial charge < -0.3 is 15.5 Å². The first-order chi connectivity index (χ1) is 13.1. The fourth-order valence-electron chi connectivity index (χ4n) is 4.37. The third kappa shape index (κ3) is 6.21. The molecule has 3 atom stereocenters. The highest BCUT2D eigenvalue weighted by molar-refractivity contribution is 5.94. The summed E-state index contributed by atoms with van der Waals surface area (Å²) in [4.78, 5) is 27.3. The summed E-state index contributed by atoms with van der Waals surface area (Å²) in [6.07, 6.45) is 6.21. The Morgan fingerprint density at radius 3 is 2.68 bits per heavy atom. The van der Waals surface area contributed by atoms with Crippen molar-refractivity contribution in [2.24, 2.45) is 11.8 Å². The number of hydrogen-bond acceptors (Lipinski definition) is 3. The highest BCUT2D eigenvalue weighted by Gasteiger charge is 2.30. The molecule has 2 heterocycles. The van der Waals surface area contributed by atoms with E-state index in [9.17, 15) is 9.59 Å². The number of halogens is 1. The molecule has 1 aromatic rings. The van der Waals surface area contributed by atoms with Crippen molar-refractivity contribution < 1.29 is 9.59 Å². The van der Waals surface area contributed by atoms with Gasteiger partial charge >= 0.3 is 0 Å². The van der Waals surface area contributed by atoms with Gasteiger partial charge in [-0.2, -0.15) is 0 Å². The Balaban J connectivity index is 0.00000280. The quantitative estimate of drug-likeness (QED) is 0.760. The zero-order valence-electron chi connectivity index (χ0n) is 16.9. The molecule has 2 aliphatic heterocycles. The molecule has 0 saturated carbocycles. The highest BCUT2D eigenvalue weighted by Crippen LogP contribution is 2.25. The number of carbonyl (C=O) groups excluding carboxylic acids is 2. The number of benzene rings is 1. The fourth-order valence-corrected chi connectivity index (χ4v) is 4.37. The molecule has 0 radical (unpaired) electrons. The monoisotopic (exact) mass is 407 g/mol. The van der Waals surface area contributed by atoms with E-state index in [-0.39, 0.29) is 30.3 Å². The average molecular weight is 408 g/mol. The zero-order chi connectivity index (χ0) is 19.1. The van der Waals surface area contributed by atoms with Crippen LogP contribution < -0.4 is 10.6 Å². The van der Waals surface area contributed by atoms with E-state index >= 15 is 0 Å². The van der Waals surface area contributed by atoms with E-state index < -0.39 is 0 Å². The van der Waals surface area contributed by atoms with Gasteiger partial charge in [-0.05, 0) is 69.2 Å². The Morgan fingerprint density at radius 2 is 1.96 bits per heavy atom. The predicted octanol–water partition coefficient (Wildman–Crippen LogP) is 3.25. The Hall–Kier alpha value is -1.59. The van der Waals surface area contributed by atoms with Gasteiger partial charge in [-0.1, -0.05) is 25.1 Å². The maximum Gasteiger partial charge on any atom is 0.251 e. The third-order valence-electron chi connectivity index (χ3n) is 6.12. The number of nitrogens with zero attached hydrogens (tertiary/aromatic N) is 1. The molecule has 2 fully saturated rings. The van der Waals surface area contributed by atoms with Gasteiger partial charge in [-0.25, -0.2) is 0 Å². The first-order valence-corrected chi connectivity index (χ1v) is 10.5. The molecule has 0 spiro atoms. The van der Waals surface area contributed by atoms with Gasteiger partial charge in [-0.3, -0.25) is 9.59 Å². The van der Waals surface area contributed by atoms with Gasteiger partial charge in [0.15, 0.2) is 0 Å². The van der Waals surface area contributed by atoms with Crippen molar-refractivity contribution in [1.29, 1.82) is 0 Å². The summed E-state index contributed by atoms with van der Waals surface area (Å²) in [6, 6.07) is 9.40. The lowest BCUT2D eigenvalue weighted by atomic mass is 9.85. The summed E-state index contributed by atoms with van der Waals surface area (Å²) < 4.78 is 0. The second-order valence-electron chi connectivity index (χ2n) is 8.10. The van der Waals surface area contributed by atoms with E-state index in [1.165, 1.54) is 12.8 Å². The molecular weight excluding hydrogens is 374 g/mol. The number of rotatable bonds is 6. The van der Waals surface area contributed by atoms with Crippen molar-refractivity contribution in [2.75, 3.05) is 26.2 Å². The van der Waals surface area contributed by atoms with E-state index in [0.29, 0.717) is 30.4 Å². The molecule has 3 unspecified atom stereocenters. The molecule has 1 aromatic carbocycles. The second-order valence-corrected chi connectivity index (χ2v) is 8.10. The van der Waals surface area contributed by atoms with Crippen LogP contribution in [0.3, 0.4) is 0 Å². The second kappa shape index (κ2) is 11.4. The number of amides is 2. The molecule has 5 nitrogen and oxygen atoms in total. The Labute approximate surface area is 175 Å². The van der Waals surface area contributed by atoms with Crippen LogP contribution in [-0.4, -0.2) is 48.9 Å². The molecule has 2 amide bonds. The molecular formula is C22H34ClN3O2. The number of nitrogens with one attached hydrogen (secondary N) is 2. The molecule has 6 heteroatoms. The van der Waals surface area contributed by atoms with Gasteiger partial charge in [0.1, 0.15) is 0 Å². The van der Waals surface area contributed by atoms with Crippen LogP contribution in [-0.2, 0) is 4.79 Å². The summed E-state index contributed by atoms with van der Waals surface area (Å²) in [5.74, 6) is 1.21. The minimum atomic E-state index is -0.0600. The maximum absolute atomic E-state index is 13.0. The summed E-state index contributed by atoms with van der Waals surface area (Å²) >= 11 is 0. The van der Waals surface area contributed by atoms with Crippen molar-refractivity contribution in [3.8, 4) is 0 Å². The van der Waals surface area contributed by atoms with Crippen molar-refractivity contribution in [1.82, 2.24) is 15.5 Å². The van der Waals surface area contributed by atoms with E-state index in [2.05, 4.69) is 17.6 Å². The van der Waals surface area contributed by atoms with Crippen LogP contribution in [0.5, 0.6) is 0 Å². The number of likely N-dealkylation sites (tertiary alicyclic amines) is 1. The first-order valence-electron chi connectivity index (χ1n) is 10.5. The van der Waals surface area contributed by atoms with E-state index in [0.717, 1.165) is 38.9 Å². The summed E-state index contributed by atoms with van der Waals surface area (Å²) in [7, 11) is 0. The summed E-state index contributed by atoms with van der Waals surface area (Å²) in [5, 5.41) is 6.48. The van der Waals surface area contributed by atoms with Crippen molar-refractivity contribution in [3.05, 3.63) is 35.9 Å². The van der Waals surface area contributed by atoms with Crippen LogP contribution >= 0.6 is 12.4 Å². The normalized spacial score (nSPS) is 23.4. The summed E-state index contributed by atoms with van der Waals surface area (Å²) in [6.45, 7) is 5.71. The Bertz CT molecular complexity index is 619. The van der Waals surface area contributed by atoms with E-state index in [1.807, 2.05) is 35.2 Å². The van der Waals surface area contributed by atoms with Gasteiger partial charge in [-0.15, -0.1) is 12.4 Å². The standard InChI is InChI=1S/C22H33N3O2.ClH/c1-17(19-10-7-12-23-15-19)14-21(26)25-13-6-5-11-20(25)16-24-22(27)18-8-3-2-4-9-18;/h2-4,8-9,17,19-20,23H,5-7,10-16H2,1H3,(H,24,27);1H. The van der Waals surface area contributed by atoms with Crippen LogP contribution in [0.4, 0.5) is 0 Å². The molecule has 2 saturated heterocycles. The van der Waals surface area contributed by atoms with Crippen LogP contribution in [0.2, 0.25) is 0 Å². The van der Waals surface area contributed by atoms with Crippen LogP contribution in [0.15, 0.2) is 30.3 Å². The van der Waals surface area contributed by atoms with Crippen molar-refractivity contribution in [2.45, 2.75) is 51.5 Å². The van der Waals surface area contributed by atoms with Crippen LogP contribution in [0.1, 0.15) is 55.8 Å². The zero-order valence-corrected chi connectivity index (χ0v) is 17.7. The van der Waals surface area contributed by atoms with E-state index in [4.69, 9.17) is 0 Å². The minimum Gasteiger partial charge on any atom is -0.350 e. The molecule has 156 valence electrons. The Kier molecular flexibility index (Phi) is 9.26. The number of hydrogen-bond donors (Lipinski definition) is 2. The number of carbonyl (C=O) groups is 2. The lowest BCUT2D eigenvalue weighted by Gasteiger charge is -2.37. The lowest BCUT2D eigenvalue weighted by molar-refractivity contribution is -0.136. The predicted molar refractivity (Wildman–Crippen MR) is 115 cm³/mol. The molecule has 3 rings (SSSR count). The summed E-state index contributed by atoms with van der Waals surface area (Å²) in [5.41, 5.74) is 0.671. The largest absolute Gasteiger partial charge is 0.350 e. The molecule has 0 aromatic heterocycles. The van der Waals surface area contributed by atoms with E-state index in [1.54, 1.807) is 0 Å². The smallest absolute Gasteiger partial charge is 0.251 e. The minimum absolute atomic E-state index is 0. The topological polar surface area (TPSA) is 61.4 Å². The maximum atomic E-state index is 13.0. The van der Waals surface area contributed by atoms with Gasteiger partial charge in [0.2, 0.25) is 5.91 Å². The first kappa shape index (κ1) is 22.7. The molecule has 28 heavy (non-hydrogen) atoms. The molecule has 0 aliphatic carbocycles. The highest BCUT2D eigenvalue weighted by atomic mass is 35.5. The SMILES string of the molecule is CC(CC(=O)N1CCCCC1CNC(=O)c1ccccc1)C1CCCNC1.Cl. The van der Waals surface area contributed by atoms with Gasteiger partial charge in [0.05, 0.1) is 0 Å². The van der Waals surface area contributed by atoms with Gasteiger partial charge in [0, 0.05) is 31.1 Å². The average Bonchev–Trinajstić information content (AvgIpc) is 2.73. The lowest BCUT2D eigenvalue weighted by Crippen LogP contribution is -2.50. The molecule has 2 N–H and O–H groups in total. The Morgan fingerprint density at radius 1 is 1.18 bits per heavy atom. The van der Waals surface area contributed by atoms with Crippen LogP contribution in [0.25, 0.3) is 0 Å². The molecule has 2 aliphatic rings. The van der Waals surface area contributed by atoms with Crippen LogP contribution in [0, 0.1) is 11.8 Å². The third-order valence-corrected chi connectivity index (χ3v) is 6.12. The van der Waals surface area contributed by atoms with Crippen molar-refractivity contribution >= 4 is 24.2 Å². The fraction of sp³-hybridized carbons (Fsp3) is 0.636. The van der Waals surface area contributed by atoms with Crippen molar-refractivity contribution in [3.63, 3.8) is 0 Å². The van der Waals surface area contributed by atoms with Gasteiger partial charge in [0.25, 0.3) is 5.91 Å². The molecule has 0 bridgehead atoms. The number of piperidine rings is 2.